The Morgan fingerprint density at radius 1 is 1.48 bits per heavy atom. The van der Waals surface area contributed by atoms with Crippen LogP contribution >= 0.6 is 11.3 Å². The fourth-order valence-corrected chi connectivity index (χ4v) is 3.94. The van der Waals surface area contributed by atoms with Gasteiger partial charge in [-0.15, -0.1) is 11.3 Å². The van der Waals surface area contributed by atoms with E-state index < -0.39 is 5.97 Å². The molecule has 2 heterocycles. The van der Waals surface area contributed by atoms with Crippen LogP contribution in [-0.4, -0.2) is 32.8 Å². The Morgan fingerprint density at radius 2 is 2.24 bits per heavy atom. The first-order chi connectivity index (χ1) is 9.95. The van der Waals surface area contributed by atoms with E-state index in [1.807, 2.05) is 20.0 Å². The van der Waals surface area contributed by atoms with Crippen molar-refractivity contribution in [1.82, 2.24) is 15.1 Å². The molecule has 21 heavy (non-hydrogen) atoms. The van der Waals surface area contributed by atoms with Crippen LogP contribution in [0.2, 0.25) is 0 Å². The van der Waals surface area contributed by atoms with E-state index in [9.17, 15) is 9.59 Å². The minimum atomic E-state index is -0.768. The molecule has 1 fully saturated rings. The van der Waals surface area contributed by atoms with Gasteiger partial charge in [-0.25, -0.2) is 0 Å². The lowest BCUT2D eigenvalue weighted by molar-refractivity contribution is -0.141. The molecule has 0 aliphatic heterocycles. The lowest BCUT2D eigenvalue weighted by atomic mass is 10.1. The molecule has 2 atom stereocenters. The van der Waals surface area contributed by atoms with Gasteiger partial charge in [-0.2, -0.15) is 5.10 Å². The van der Waals surface area contributed by atoms with Crippen LogP contribution in [0.15, 0.2) is 6.07 Å². The summed E-state index contributed by atoms with van der Waals surface area (Å²) in [7, 11) is 1.86. The number of amides is 1. The summed E-state index contributed by atoms with van der Waals surface area (Å²) < 4.78 is 1.78. The Balaban J connectivity index is 1.73. The highest BCUT2D eigenvalue weighted by molar-refractivity contribution is 7.20. The second-order valence-electron chi connectivity index (χ2n) is 5.56. The average molecular weight is 307 g/mol. The summed E-state index contributed by atoms with van der Waals surface area (Å²) >= 11 is 1.42. The van der Waals surface area contributed by atoms with Crippen LogP contribution in [0.3, 0.4) is 0 Å². The van der Waals surface area contributed by atoms with Gasteiger partial charge in [0, 0.05) is 18.5 Å². The van der Waals surface area contributed by atoms with Crippen LogP contribution in [0.25, 0.3) is 10.2 Å². The molecule has 2 aromatic heterocycles. The molecule has 0 aromatic carbocycles. The molecule has 7 heteroatoms. The van der Waals surface area contributed by atoms with Gasteiger partial charge in [-0.1, -0.05) is 0 Å². The van der Waals surface area contributed by atoms with Crippen LogP contribution in [0.4, 0.5) is 0 Å². The molecule has 2 N–H and O–H groups in total. The van der Waals surface area contributed by atoms with E-state index in [0.717, 1.165) is 22.3 Å². The SMILES string of the molecule is Cc1nn(C)c2sc(C(=O)N[C@@H]3CC[C@H](C(=O)O)C3)cc12. The molecule has 6 nitrogen and oxygen atoms in total. The van der Waals surface area contributed by atoms with Gasteiger partial charge < -0.3 is 10.4 Å². The Labute approximate surface area is 125 Å². The largest absolute Gasteiger partial charge is 0.481 e. The van der Waals surface area contributed by atoms with Crippen molar-refractivity contribution in [2.75, 3.05) is 0 Å². The van der Waals surface area contributed by atoms with E-state index >= 15 is 0 Å². The maximum Gasteiger partial charge on any atom is 0.306 e. The third-order valence-corrected chi connectivity index (χ3v) is 5.24. The molecule has 1 aliphatic carbocycles. The molecular weight excluding hydrogens is 290 g/mol. The summed E-state index contributed by atoms with van der Waals surface area (Å²) in [5.74, 6) is -1.22. The molecule has 0 saturated heterocycles. The summed E-state index contributed by atoms with van der Waals surface area (Å²) in [5, 5.41) is 17.3. The van der Waals surface area contributed by atoms with Crippen molar-refractivity contribution in [2.45, 2.75) is 32.2 Å². The Hall–Kier alpha value is -1.89. The molecule has 2 aromatic rings. The van der Waals surface area contributed by atoms with Gasteiger partial charge >= 0.3 is 5.97 Å². The van der Waals surface area contributed by atoms with Crippen molar-refractivity contribution in [3.63, 3.8) is 0 Å². The van der Waals surface area contributed by atoms with E-state index in [1.54, 1.807) is 4.68 Å². The average Bonchev–Trinajstić information content (AvgIpc) is 3.08. The minimum Gasteiger partial charge on any atom is -0.481 e. The number of nitrogens with one attached hydrogen (secondary N) is 1. The maximum absolute atomic E-state index is 12.3. The first-order valence-electron chi connectivity index (χ1n) is 6.92. The number of fused-ring (bicyclic) bond motifs is 1. The zero-order valence-corrected chi connectivity index (χ0v) is 12.7. The Morgan fingerprint density at radius 3 is 2.86 bits per heavy atom. The van der Waals surface area contributed by atoms with Gasteiger partial charge in [0.2, 0.25) is 0 Å². The third-order valence-electron chi connectivity index (χ3n) is 4.04. The van der Waals surface area contributed by atoms with Crippen molar-refractivity contribution >= 4 is 33.4 Å². The molecule has 1 aliphatic rings. The number of hydrogen-bond acceptors (Lipinski definition) is 4. The summed E-state index contributed by atoms with van der Waals surface area (Å²) in [6.07, 6.45) is 1.89. The van der Waals surface area contributed by atoms with E-state index in [0.29, 0.717) is 17.7 Å². The number of aromatic nitrogens is 2. The van der Waals surface area contributed by atoms with Crippen LogP contribution in [-0.2, 0) is 11.8 Å². The fourth-order valence-electron chi connectivity index (χ4n) is 2.91. The summed E-state index contributed by atoms with van der Waals surface area (Å²) in [4.78, 5) is 24.9. The zero-order valence-electron chi connectivity index (χ0n) is 11.9. The first-order valence-corrected chi connectivity index (χ1v) is 7.74. The standard InChI is InChI=1S/C14H17N3O3S/c1-7-10-6-11(21-13(10)17(2)16-7)12(18)15-9-4-3-8(5-9)14(19)20/h6,8-9H,3-5H2,1-2H3,(H,15,18)(H,19,20)/t8-,9+/m0/s1. The smallest absolute Gasteiger partial charge is 0.306 e. The molecule has 0 spiro atoms. The highest BCUT2D eigenvalue weighted by Crippen LogP contribution is 2.29. The molecule has 1 saturated carbocycles. The number of hydrogen-bond donors (Lipinski definition) is 2. The van der Waals surface area contributed by atoms with Gasteiger partial charge in [0.15, 0.2) is 0 Å². The second kappa shape index (κ2) is 5.14. The summed E-state index contributed by atoms with van der Waals surface area (Å²) in [5.41, 5.74) is 0.912. The Kier molecular flexibility index (Phi) is 3.44. The van der Waals surface area contributed by atoms with Crippen LogP contribution in [0.1, 0.15) is 34.6 Å². The molecule has 3 rings (SSSR count). The highest BCUT2D eigenvalue weighted by Gasteiger charge is 2.31. The summed E-state index contributed by atoms with van der Waals surface area (Å²) in [6.45, 7) is 1.92. The molecule has 0 radical (unpaired) electrons. The molecule has 112 valence electrons. The minimum absolute atomic E-state index is 0.0389. The number of aliphatic carboxylic acids is 1. The number of thiophene rings is 1. The molecular formula is C14H17N3O3S. The number of carbonyl (C=O) groups excluding carboxylic acids is 1. The number of carboxylic acid groups (broad SMARTS) is 1. The van der Waals surface area contributed by atoms with Crippen LogP contribution in [0.5, 0.6) is 0 Å². The van der Waals surface area contributed by atoms with E-state index in [-0.39, 0.29) is 17.9 Å². The third kappa shape index (κ3) is 2.53. The first kappa shape index (κ1) is 14.1. The predicted octanol–water partition coefficient (Wildman–Crippen LogP) is 1.93. The summed E-state index contributed by atoms with van der Waals surface area (Å²) in [6, 6.07) is 1.82. The number of aryl methyl sites for hydroxylation is 2. The van der Waals surface area contributed by atoms with Crippen LogP contribution in [0, 0.1) is 12.8 Å². The van der Waals surface area contributed by atoms with Crippen molar-refractivity contribution < 1.29 is 14.7 Å². The fraction of sp³-hybridized carbons (Fsp3) is 0.500. The van der Waals surface area contributed by atoms with Crippen molar-refractivity contribution in [1.29, 1.82) is 0 Å². The number of rotatable bonds is 3. The van der Waals surface area contributed by atoms with E-state index in [1.165, 1.54) is 11.3 Å². The normalized spacial score (nSPS) is 21.8. The van der Waals surface area contributed by atoms with Gasteiger partial charge in [0.05, 0.1) is 16.5 Å². The Bertz CT molecular complexity index is 684. The quantitative estimate of drug-likeness (QED) is 0.907. The predicted molar refractivity (Wildman–Crippen MR) is 79.6 cm³/mol. The van der Waals surface area contributed by atoms with Crippen LogP contribution < -0.4 is 5.32 Å². The molecule has 0 bridgehead atoms. The second-order valence-corrected chi connectivity index (χ2v) is 6.59. The highest BCUT2D eigenvalue weighted by atomic mass is 32.1. The van der Waals surface area contributed by atoms with Crippen molar-refractivity contribution in [3.05, 3.63) is 16.6 Å². The van der Waals surface area contributed by atoms with Gasteiger partial charge in [0.25, 0.3) is 5.91 Å². The van der Waals surface area contributed by atoms with Gasteiger partial charge in [0.1, 0.15) is 4.83 Å². The maximum atomic E-state index is 12.3. The monoisotopic (exact) mass is 307 g/mol. The van der Waals surface area contributed by atoms with E-state index in [4.69, 9.17) is 5.11 Å². The molecule has 0 unspecified atom stereocenters. The number of nitrogens with zero attached hydrogens (tertiary/aromatic N) is 2. The van der Waals surface area contributed by atoms with Crippen molar-refractivity contribution in [3.8, 4) is 0 Å². The van der Waals surface area contributed by atoms with Gasteiger partial charge in [-0.3, -0.25) is 14.3 Å². The zero-order chi connectivity index (χ0) is 15.1. The van der Waals surface area contributed by atoms with E-state index in [2.05, 4.69) is 10.4 Å². The number of carboxylic acids is 1. The topological polar surface area (TPSA) is 84.2 Å². The lowest BCUT2D eigenvalue weighted by Crippen LogP contribution is -2.32. The van der Waals surface area contributed by atoms with Gasteiger partial charge in [-0.05, 0) is 32.3 Å². The molecule has 1 amide bonds. The number of carbonyl (C=O) groups is 2. The van der Waals surface area contributed by atoms with Crippen molar-refractivity contribution in [2.24, 2.45) is 13.0 Å². The lowest BCUT2D eigenvalue weighted by Gasteiger charge is -2.11.